The Bertz CT molecular complexity index is 1120. The number of nitrogens with zero attached hydrogens (tertiary/aromatic N) is 1. The molecular formula is C25H31N3O4S. The minimum atomic E-state index is -3.64. The number of nitrogens with one attached hydrogen (secondary N) is 2. The van der Waals surface area contributed by atoms with Crippen LogP contribution in [0.4, 0.5) is 5.69 Å². The molecule has 33 heavy (non-hydrogen) atoms. The van der Waals surface area contributed by atoms with E-state index >= 15 is 0 Å². The first-order chi connectivity index (χ1) is 15.8. The predicted octanol–water partition coefficient (Wildman–Crippen LogP) is 4.09. The molecule has 176 valence electrons. The molecule has 2 aromatic carbocycles. The van der Waals surface area contributed by atoms with Crippen LogP contribution in [0, 0.1) is 6.92 Å². The lowest BCUT2D eigenvalue weighted by Crippen LogP contribution is -2.36. The number of benzene rings is 2. The van der Waals surface area contributed by atoms with E-state index in [1.165, 1.54) is 10.4 Å². The molecule has 1 aliphatic carbocycles. The van der Waals surface area contributed by atoms with Gasteiger partial charge >= 0.3 is 0 Å². The molecular weight excluding hydrogens is 438 g/mol. The molecule has 0 spiro atoms. The quantitative estimate of drug-likeness (QED) is 0.666. The molecule has 1 aliphatic heterocycles. The Morgan fingerprint density at radius 3 is 2.15 bits per heavy atom. The number of amides is 2. The zero-order chi connectivity index (χ0) is 23.4. The van der Waals surface area contributed by atoms with Crippen LogP contribution in [0.3, 0.4) is 0 Å². The van der Waals surface area contributed by atoms with Crippen LogP contribution in [0.5, 0.6) is 0 Å². The Morgan fingerprint density at radius 2 is 1.48 bits per heavy atom. The summed E-state index contributed by atoms with van der Waals surface area (Å²) in [6.07, 6.45) is 7.08. The predicted molar refractivity (Wildman–Crippen MR) is 128 cm³/mol. The molecule has 0 unspecified atom stereocenters. The van der Waals surface area contributed by atoms with Gasteiger partial charge in [-0.05, 0) is 74.6 Å². The van der Waals surface area contributed by atoms with Crippen molar-refractivity contribution in [1.82, 2.24) is 9.62 Å². The van der Waals surface area contributed by atoms with E-state index in [-0.39, 0.29) is 22.4 Å². The third kappa shape index (κ3) is 5.45. The van der Waals surface area contributed by atoms with E-state index in [9.17, 15) is 18.0 Å². The topological polar surface area (TPSA) is 95.6 Å². The van der Waals surface area contributed by atoms with Gasteiger partial charge in [-0.25, -0.2) is 8.42 Å². The first-order valence-corrected chi connectivity index (χ1v) is 13.1. The number of rotatable bonds is 6. The molecule has 2 amide bonds. The number of sulfonamides is 1. The summed E-state index contributed by atoms with van der Waals surface area (Å²) in [5, 5.41) is 5.84. The number of carbonyl (C=O) groups is 2. The monoisotopic (exact) mass is 469 g/mol. The maximum atomic E-state index is 13.1. The van der Waals surface area contributed by atoms with Gasteiger partial charge in [0.25, 0.3) is 11.8 Å². The van der Waals surface area contributed by atoms with Crippen LogP contribution < -0.4 is 10.6 Å². The molecule has 1 saturated carbocycles. The average molecular weight is 470 g/mol. The number of anilines is 1. The fourth-order valence-electron chi connectivity index (χ4n) is 4.51. The maximum absolute atomic E-state index is 13.1. The highest BCUT2D eigenvalue weighted by molar-refractivity contribution is 7.89. The van der Waals surface area contributed by atoms with Crippen molar-refractivity contribution >= 4 is 27.5 Å². The Hall–Kier alpha value is -2.71. The molecule has 2 fully saturated rings. The Balaban J connectivity index is 1.45. The number of hydrogen-bond acceptors (Lipinski definition) is 4. The lowest BCUT2D eigenvalue weighted by atomic mass is 10.1. The van der Waals surface area contributed by atoms with Crippen molar-refractivity contribution in [2.45, 2.75) is 62.8 Å². The van der Waals surface area contributed by atoms with Crippen LogP contribution in [0.1, 0.15) is 71.2 Å². The van der Waals surface area contributed by atoms with E-state index in [0.717, 1.165) is 44.9 Å². The standard InChI is InChI=1S/C25H31N3O4S/c1-18-9-10-20(17-23(18)33(31,32)28-15-5-2-6-16-28)25(30)27-22-13-11-19(12-14-22)24(29)26-21-7-3-4-8-21/h9-14,17,21H,2-8,15-16H2,1H3,(H,26,29)(H,27,30). The van der Waals surface area contributed by atoms with Crippen LogP contribution in [0.25, 0.3) is 0 Å². The third-order valence-electron chi connectivity index (χ3n) is 6.48. The smallest absolute Gasteiger partial charge is 0.255 e. The third-order valence-corrected chi connectivity index (χ3v) is 8.52. The van der Waals surface area contributed by atoms with Gasteiger partial charge in [-0.1, -0.05) is 25.3 Å². The van der Waals surface area contributed by atoms with Crippen molar-refractivity contribution in [2.75, 3.05) is 18.4 Å². The lowest BCUT2D eigenvalue weighted by Gasteiger charge is -2.26. The molecule has 8 heteroatoms. The van der Waals surface area contributed by atoms with E-state index < -0.39 is 15.9 Å². The molecule has 2 aliphatic rings. The van der Waals surface area contributed by atoms with Crippen LogP contribution >= 0.6 is 0 Å². The molecule has 1 heterocycles. The summed E-state index contributed by atoms with van der Waals surface area (Å²) in [5.41, 5.74) is 1.98. The number of piperidine rings is 1. The van der Waals surface area contributed by atoms with Gasteiger partial charge in [-0.15, -0.1) is 0 Å². The maximum Gasteiger partial charge on any atom is 0.255 e. The van der Waals surface area contributed by atoms with Gasteiger partial charge in [0.15, 0.2) is 0 Å². The Morgan fingerprint density at radius 1 is 0.848 bits per heavy atom. The number of hydrogen-bond donors (Lipinski definition) is 2. The molecule has 4 rings (SSSR count). The summed E-state index contributed by atoms with van der Waals surface area (Å²) in [6.45, 7) is 2.77. The summed E-state index contributed by atoms with van der Waals surface area (Å²) in [6, 6.07) is 11.7. The van der Waals surface area contributed by atoms with Crippen LogP contribution in [0.2, 0.25) is 0 Å². The fourth-order valence-corrected chi connectivity index (χ4v) is 6.28. The molecule has 0 atom stereocenters. The largest absolute Gasteiger partial charge is 0.349 e. The zero-order valence-corrected chi connectivity index (χ0v) is 19.8. The van der Waals surface area contributed by atoms with Gasteiger partial charge in [-0.3, -0.25) is 9.59 Å². The highest BCUT2D eigenvalue weighted by Gasteiger charge is 2.28. The highest BCUT2D eigenvalue weighted by atomic mass is 32.2. The first kappa shape index (κ1) is 23.4. The molecule has 2 aromatic rings. The second-order valence-corrected chi connectivity index (χ2v) is 10.8. The summed E-state index contributed by atoms with van der Waals surface area (Å²) < 4.78 is 27.8. The summed E-state index contributed by atoms with van der Waals surface area (Å²) in [7, 11) is -3.64. The van der Waals surface area contributed by atoms with E-state index in [2.05, 4.69) is 10.6 Å². The number of carbonyl (C=O) groups excluding carboxylic acids is 2. The van der Waals surface area contributed by atoms with Gasteiger partial charge in [0.1, 0.15) is 0 Å². The number of aryl methyl sites for hydroxylation is 1. The van der Waals surface area contributed by atoms with Crippen molar-refractivity contribution in [3.63, 3.8) is 0 Å². The van der Waals surface area contributed by atoms with E-state index in [1.807, 2.05) is 0 Å². The van der Waals surface area contributed by atoms with Crippen LogP contribution in [-0.2, 0) is 10.0 Å². The zero-order valence-electron chi connectivity index (χ0n) is 19.0. The molecule has 7 nitrogen and oxygen atoms in total. The average Bonchev–Trinajstić information content (AvgIpc) is 3.33. The van der Waals surface area contributed by atoms with Crippen LogP contribution in [-0.4, -0.2) is 43.7 Å². The van der Waals surface area contributed by atoms with Crippen molar-refractivity contribution in [3.05, 3.63) is 59.2 Å². The fraction of sp³-hybridized carbons (Fsp3) is 0.440. The van der Waals surface area contributed by atoms with Gasteiger partial charge in [0.05, 0.1) is 4.90 Å². The molecule has 0 radical (unpaired) electrons. The van der Waals surface area contributed by atoms with Crippen molar-refractivity contribution in [1.29, 1.82) is 0 Å². The van der Waals surface area contributed by atoms with E-state index in [1.54, 1.807) is 43.3 Å². The molecule has 2 N–H and O–H groups in total. The van der Waals surface area contributed by atoms with Gasteiger partial charge in [-0.2, -0.15) is 4.31 Å². The Labute approximate surface area is 195 Å². The molecule has 0 aromatic heterocycles. The minimum absolute atomic E-state index is 0.106. The SMILES string of the molecule is Cc1ccc(C(=O)Nc2ccc(C(=O)NC3CCCC3)cc2)cc1S(=O)(=O)N1CCCCC1. The normalized spacial score (nSPS) is 17.6. The van der Waals surface area contributed by atoms with Crippen molar-refractivity contribution < 1.29 is 18.0 Å². The summed E-state index contributed by atoms with van der Waals surface area (Å²) >= 11 is 0. The van der Waals surface area contributed by atoms with Crippen LogP contribution in [0.15, 0.2) is 47.4 Å². The first-order valence-electron chi connectivity index (χ1n) is 11.7. The van der Waals surface area contributed by atoms with Gasteiger partial charge < -0.3 is 10.6 Å². The molecule has 0 bridgehead atoms. The van der Waals surface area contributed by atoms with Gasteiger partial charge in [0.2, 0.25) is 10.0 Å². The van der Waals surface area contributed by atoms with E-state index in [4.69, 9.17) is 0 Å². The van der Waals surface area contributed by atoms with Gasteiger partial charge in [0, 0.05) is 35.9 Å². The summed E-state index contributed by atoms with van der Waals surface area (Å²) in [5.74, 6) is -0.501. The van der Waals surface area contributed by atoms with E-state index in [0.29, 0.717) is 29.9 Å². The second-order valence-electron chi connectivity index (χ2n) is 8.93. The minimum Gasteiger partial charge on any atom is -0.349 e. The molecule has 1 saturated heterocycles. The second kappa shape index (κ2) is 10.1. The van der Waals surface area contributed by atoms with Crippen molar-refractivity contribution in [2.24, 2.45) is 0 Å². The van der Waals surface area contributed by atoms with Crippen molar-refractivity contribution in [3.8, 4) is 0 Å². The summed E-state index contributed by atoms with van der Waals surface area (Å²) in [4.78, 5) is 25.4. The highest BCUT2D eigenvalue weighted by Crippen LogP contribution is 2.25. The Kier molecular flexibility index (Phi) is 7.14. The lowest BCUT2D eigenvalue weighted by molar-refractivity contribution is 0.0937.